The van der Waals surface area contributed by atoms with Gasteiger partial charge in [0.2, 0.25) is 0 Å². The molecule has 64 valence electrons. The average Bonchev–Trinajstić information content (AvgIpc) is 2.44. The third kappa shape index (κ3) is 1.42. The smallest absolute Gasteiger partial charge is 0.0825 e. The Morgan fingerprint density at radius 3 is 2.92 bits per heavy atom. The lowest BCUT2D eigenvalue weighted by Crippen LogP contribution is -1.81. The molecule has 13 heavy (non-hydrogen) atoms. The maximum absolute atomic E-state index is 8.65. The fourth-order valence-electron chi connectivity index (χ4n) is 1.42. The molecule has 3 heteroatoms. The standard InChI is InChI=1S/C10H7IN2/c11-10-8(5-6-12)7-3-1-2-4-9(7)13-10/h1-4,13H,5H2. The lowest BCUT2D eigenvalue weighted by atomic mass is 10.1. The molecule has 1 aromatic heterocycles. The van der Waals surface area contributed by atoms with E-state index in [1.807, 2.05) is 24.3 Å². The normalized spacial score (nSPS) is 10.2. The van der Waals surface area contributed by atoms with E-state index in [0.29, 0.717) is 6.42 Å². The summed E-state index contributed by atoms with van der Waals surface area (Å²) in [7, 11) is 0. The first-order chi connectivity index (χ1) is 6.33. The number of fused-ring (bicyclic) bond motifs is 1. The molecule has 2 rings (SSSR count). The Morgan fingerprint density at radius 2 is 2.15 bits per heavy atom. The average molecular weight is 282 g/mol. The lowest BCUT2D eigenvalue weighted by Gasteiger charge is -1.91. The van der Waals surface area contributed by atoms with Crippen LogP contribution in [0.3, 0.4) is 0 Å². The third-order valence-electron chi connectivity index (χ3n) is 2.02. The number of benzene rings is 1. The van der Waals surface area contributed by atoms with Gasteiger partial charge in [-0.05, 0) is 28.7 Å². The molecule has 0 aliphatic rings. The Labute approximate surface area is 89.7 Å². The van der Waals surface area contributed by atoms with Crippen molar-refractivity contribution < 1.29 is 0 Å². The van der Waals surface area contributed by atoms with E-state index >= 15 is 0 Å². The van der Waals surface area contributed by atoms with Gasteiger partial charge in [0, 0.05) is 16.5 Å². The molecule has 0 bridgehead atoms. The van der Waals surface area contributed by atoms with Gasteiger partial charge in [-0.15, -0.1) is 0 Å². The molecule has 0 aliphatic heterocycles. The van der Waals surface area contributed by atoms with Crippen molar-refractivity contribution in [1.29, 1.82) is 5.26 Å². The number of nitrogens with one attached hydrogen (secondary N) is 1. The number of halogens is 1. The predicted molar refractivity (Wildman–Crippen MR) is 60.3 cm³/mol. The van der Waals surface area contributed by atoms with Gasteiger partial charge in [0.05, 0.1) is 16.2 Å². The van der Waals surface area contributed by atoms with Gasteiger partial charge in [0.25, 0.3) is 0 Å². The highest BCUT2D eigenvalue weighted by atomic mass is 127. The highest BCUT2D eigenvalue weighted by Crippen LogP contribution is 2.23. The van der Waals surface area contributed by atoms with Crippen LogP contribution < -0.4 is 0 Å². The molecule has 2 nitrogen and oxygen atoms in total. The number of nitrogens with zero attached hydrogens (tertiary/aromatic N) is 1. The van der Waals surface area contributed by atoms with Crippen molar-refractivity contribution >= 4 is 33.5 Å². The van der Waals surface area contributed by atoms with Gasteiger partial charge in [0.1, 0.15) is 0 Å². The molecule has 2 aromatic rings. The quantitative estimate of drug-likeness (QED) is 0.803. The second kappa shape index (κ2) is 3.38. The zero-order valence-electron chi connectivity index (χ0n) is 6.84. The molecule has 1 aromatic carbocycles. The van der Waals surface area contributed by atoms with E-state index in [0.717, 1.165) is 20.2 Å². The number of H-pyrrole nitrogens is 1. The van der Waals surface area contributed by atoms with Crippen LogP contribution in [-0.2, 0) is 6.42 Å². The van der Waals surface area contributed by atoms with Crippen molar-refractivity contribution in [3.05, 3.63) is 33.5 Å². The molecule has 0 saturated carbocycles. The highest BCUT2D eigenvalue weighted by Gasteiger charge is 2.07. The van der Waals surface area contributed by atoms with Crippen LogP contribution in [0.2, 0.25) is 0 Å². The maximum Gasteiger partial charge on any atom is 0.0825 e. The largest absolute Gasteiger partial charge is 0.350 e. The summed E-state index contributed by atoms with van der Waals surface area (Å²) >= 11 is 2.23. The summed E-state index contributed by atoms with van der Waals surface area (Å²) in [5.74, 6) is 0. The van der Waals surface area contributed by atoms with Crippen LogP contribution in [0, 0.1) is 15.0 Å². The summed E-state index contributed by atoms with van der Waals surface area (Å²) in [6.45, 7) is 0. The van der Waals surface area contributed by atoms with Gasteiger partial charge in [0.15, 0.2) is 0 Å². The van der Waals surface area contributed by atoms with Gasteiger partial charge < -0.3 is 4.98 Å². The Morgan fingerprint density at radius 1 is 1.38 bits per heavy atom. The van der Waals surface area contributed by atoms with Gasteiger partial charge in [-0.3, -0.25) is 0 Å². The molecule has 0 amide bonds. The first-order valence-electron chi connectivity index (χ1n) is 3.95. The number of aromatic amines is 1. The molecular formula is C10H7IN2. The van der Waals surface area contributed by atoms with Gasteiger partial charge in [-0.1, -0.05) is 18.2 Å². The van der Waals surface area contributed by atoms with Gasteiger partial charge in [-0.25, -0.2) is 0 Å². The summed E-state index contributed by atoms with van der Waals surface area (Å²) < 4.78 is 1.07. The van der Waals surface area contributed by atoms with Crippen LogP contribution in [0.5, 0.6) is 0 Å². The van der Waals surface area contributed by atoms with E-state index in [1.54, 1.807) is 0 Å². The molecule has 0 aliphatic carbocycles. The summed E-state index contributed by atoms with van der Waals surface area (Å²) in [6, 6.07) is 10.2. The van der Waals surface area contributed by atoms with Crippen LogP contribution in [0.25, 0.3) is 10.9 Å². The monoisotopic (exact) mass is 282 g/mol. The molecule has 0 saturated heterocycles. The molecule has 1 N–H and O–H groups in total. The minimum atomic E-state index is 0.474. The minimum Gasteiger partial charge on any atom is -0.350 e. The SMILES string of the molecule is N#CCc1c(I)[nH]c2ccccc12. The van der Waals surface area contributed by atoms with E-state index in [4.69, 9.17) is 5.26 Å². The van der Waals surface area contributed by atoms with Crippen molar-refractivity contribution in [2.45, 2.75) is 6.42 Å². The Kier molecular flexibility index (Phi) is 2.23. The first-order valence-corrected chi connectivity index (χ1v) is 5.03. The second-order valence-electron chi connectivity index (χ2n) is 2.80. The highest BCUT2D eigenvalue weighted by molar-refractivity contribution is 14.1. The number of hydrogen-bond acceptors (Lipinski definition) is 1. The maximum atomic E-state index is 8.65. The zero-order valence-corrected chi connectivity index (χ0v) is 9.00. The van der Waals surface area contributed by atoms with E-state index in [1.165, 1.54) is 0 Å². The number of hydrogen-bond donors (Lipinski definition) is 1. The van der Waals surface area contributed by atoms with Gasteiger partial charge in [-0.2, -0.15) is 5.26 Å². The minimum absolute atomic E-state index is 0.474. The summed E-state index contributed by atoms with van der Waals surface area (Å²) in [4.78, 5) is 3.25. The molecular weight excluding hydrogens is 275 g/mol. The van der Waals surface area contributed by atoms with Crippen molar-refractivity contribution in [3.63, 3.8) is 0 Å². The molecule has 0 unspecified atom stereocenters. The fraction of sp³-hybridized carbons (Fsp3) is 0.100. The third-order valence-corrected chi connectivity index (χ3v) is 2.94. The van der Waals surface area contributed by atoms with Crippen LogP contribution >= 0.6 is 22.6 Å². The van der Waals surface area contributed by atoms with Crippen LogP contribution in [-0.4, -0.2) is 4.98 Å². The Hall–Kier alpha value is -1.02. The molecule has 0 radical (unpaired) electrons. The zero-order chi connectivity index (χ0) is 9.26. The van der Waals surface area contributed by atoms with Crippen molar-refractivity contribution in [1.82, 2.24) is 4.98 Å². The topological polar surface area (TPSA) is 39.6 Å². The Bertz CT molecular complexity index is 479. The summed E-state index contributed by atoms with van der Waals surface area (Å²) in [5.41, 5.74) is 2.22. The van der Waals surface area contributed by atoms with E-state index in [2.05, 4.69) is 33.6 Å². The first kappa shape index (κ1) is 8.57. The van der Waals surface area contributed by atoms with E-state index in [-0.39, 0.29) is 0 Å². The van der Waals surface area contributed by atoms with Crippen molar-refractivity contribution in [2.75, 3.05) is 0 Å². The van der Waals surface area contributed by atoms with Crippen molar-refractivity contribution in [2.24, 2.45) is 0 Å². The van der Waals surface area contributed by atoms with Crippen LogP contribution in [0.1, 0.15) is 5.56 Å². The number of nitriles is 1. The van der Waals surface area contributed by atoms with Gasteiger partial charge >= 0.3 is 0 Å². The summed E-state index contributed by atoms with van der Waals surface area (Å²) in [6.07, 6.45) is 0.474. The molecule has 0 spiro atoms. The summed E-state index contributed by atoms with van der Waals surface area (Å²) in [5, 5.41) is 9.82. The molecule has 1 heterocycles. The van der Waals surface area contributed by atoms with E-state index in [9.17, 15) is 0 Å². The number of rotatable bonds is 1. The lowest BCUT2D eigenvalue weighted by molar-refractivity contribution is 1.24. The molecule has 0 atom stereocenters. The fourth-order valence-corrected chi connectivity index (χ4v) is 2.19. The van der Waals surface area contributed by atoms with E-state index < -0.39 is 0 Å². The van der Waals surface area contributed by atoms with Crippen molar-refractivity contribution in [3.8, 4) is 6.07 Å². The predicted octanol–water partition coefficient (Wildman–Crippen LogP) is 2.84. The Balaban J connectivity index is 2.73. The number of para-hydroxylation sites is 1. The second-order valence-corrected chi connectivity index (χ2v) is 3.88. The van der Waals surface area contributed by atoms with Crippen LogP contribution in [0.4, 0.5) is 0 Å². The number of aromatic nitrogens is 1. The van der Waals surface area contributed by atoms with Crippen LogP contribution in [0.15, 0.2) is 24.3 Å². The molecule has 0 fully saturated rings.